The van der Waals surface area contributed by atoms with Gasteiger partial charge in [0.2, 0.25) is 5.82 Å². The summed E-state index contributed by atoms with van der Waals surface area (Å²) >= 11 is 3.20. The molecule has 1 aliphatic rings. The van der Waals surface area contributed by atoms with Crippen molar-refractivity contribution in [3.05, 3.63) is 44.7 Å². The number of hydrogen-bond donors (Lipinski definition) is 1. The minimum atomic E-state index is -0.467. The SMILES string of the molecule is Cc1nc(N2CCOCC2)ccc1Nc1ncc(Br)cc1[N+](=O)[O-]. The number of aryl methyl sites for hydroxylation is 1. The predicted molar refractivity (Wildman–Crippen MR) is 93.9 cm³/mol. The number of nitrogens with zero attached hydrogens (tertiary/aromatic N) is 4. The zero-order chi connectivity index (χ0) is 17.1. The van der Waals surface area contributed by atoms with Crippen molar-refractivity contribution in [2.24, 2.45) is 0 Å². The molecule has 0 aliphatic carbocycles. The summed E-state index contributed by atoms with van der Waals surface area (Å²) < 4.78 is 5.89. The van der Waals surface area contributed by atoms with Crippen LogP contribution < -0.4 is 10.2 Å². The lowest BCUT2D eigenvalue weighted by atomic mass is 10.2. The third kappa shape index (κ3) is 3.62. The quantitative estimate of drug-likeness (QED) is 0.629. The van der Waals surface area contributed by atoms with Gasteiger partial charge in [-0.3, -0.25) is 10.1 Å². The first-order chi connectivity index (χ1) is 11.5. The fourth-order valence-electron chi connectivity index (χ4n) is 2.44. The van der Waals surface area contributed by atoms with Gasteiger partial charge in [-0.1, -0.05) is 0 Å². The molecule has 1 N–H and O–H groups in total. The number of anilines is 3. The zero-order valence-corrected chi connectivity index (χ0v) is 14.6. The number of nitrogens with one attached hydrogen (secondary N) is 1. The topological polar surface area (TPSA) is 93.4 Å². The maximum atomic E-state index is 11.2. The third-order valence-electron chi connectivity index (χ3n) is 3.69. The average Bonchev–Trinajstić information content (AvgIpc) is 2.58. The van der Waals surface area contributed by atoms with Crippen LogP contribution in [0.4, 0.5) is 23.0 Å². The molecule has 0 unspecified atom stereocenters. The van der Waals surface area contributed by atoms with E-state index in [1.165, 1.54) is 12.3 Å². The smallest absolute Gasteiger partial charge is 0.312 e. The highest BCUT2D eigenvalue weighted by atomic mass is 79.9. The van der Waals surface area contributed by atoms with Gasteiger partial charge in [-0.05, 0) is 35.0 Å². The Morgan fingerprint density at radius 1 is 1.38 bits per heavy atom. The van der Waals surface area contributed by atoms with Crippen LogP contribution in [0.2, 0.25) is 0 Å². The van der Waals surface area contributed by atoms with E-state index in [0.717, 1.165) is 24.6 Å². The van der Waals surface area contributed by atoms with E-state index >= 15 is 0 Å². The van der Waals surface area contributed by atoms with Crippen LogP contribution in [0.15, 0.2) is 28.9 Å². The fraction of sp³-hybridized carbons (Fsp3) is 0.333. The first-order valence-electron chi connectivity index (χ1n) is 7.42. The normalized spacial score (nSPS) is 14.5. The fourth-order valence-corrected chi connectivity index (χ4v) is 2.76. The van der Waals surface area contributed by atoms with E-state index in [9.17, 15) is 10.1 Å². The van der Waals surface area contributed by atoms with Gasteiger partial charge in [-0.25, -0.2) is 9.97 Å². The number of hydrogen-bond acceptors (Lipinski definition) is 7. The van der Waals surface area contributed by atoms with E-state index in [0.29, 0.717) is 23.4 Å². The van der Waals surface area contributed by atoms with E-state index in [-0.39, 0.29) is 11.5 Å². The van der Waals surface area contributed by atoms with Crippen molar-refractivity contribution in [3.63, 3.8) is 0 Å². The summed E-state index contributed by atoms with van der Waals surface area (Å²) in [6, 6.07) is 5.17. The van der Waals surface area contributed by atoms with Crippen LogP contribution in [0, 0.1) is 17.0 Å². The highest BCUT2D eigenvalue weighted by Gasteiger charge is 2.18. The van der Waals surface area contributed by atoms with Gasteiger partial charge in [0.1, 0.15) is 5.82 Å². The van der Waals surface area contributed by atoms with Gasteiger partial charge in [0.05, 0.1) is 29.5 Å². The molecule has 0 aromatic carbocycles. The minimum absolute atomic E-state index is 0.0963. The Morgan fingerprint density at radius 3 is 2.79 bits per heavy atom. The molecule has 0 saturated carbocycles. The molecular formula is C15H16BrN5O3. The van der Waals surface area contributed by atoms with Crippen LogP contribution in [-0.4, -0.2) is 41.2 Å². The lowest BCUT2D eigenvalue weighted by Gasteiger charge is -2.28. The summed E-state index contributed by atoms with van der Waals surface area (Å²) in [6.07, 6.45) is 1.51. The van der Waals surface area contributed by atoms with Crippen LogP contribution in [0.3, 0.4) is 0 Å². The summed E-state index contributed by atoms with van der Waals surface area (Å²) in [7, 11) is 0. The van der Waals surface area contributed by atoms with Crippen LogP contribution in [0.1, 0.15) is 5.69 Å². The summed E-state index contributed by atoms with van der Waals surface area (Å²) in [5.41, 5.74) is 1.34. The molecular weight excluding hydrogens is 378 g/mol. The van der Waals surface area contributed by atoms with E-state index in [2.05, 4.69) is 36.1 Å². The summed E-state index contributed by atoms with van der Waals surface area (Å²) in [6.45, 7) is 4.85. The lowest BCUT2D eigenvalue weighted by Crippen LogP contribution is -2.36. The van der Waals surface area contributed by atoms with Gasteiger partial charge in [-0.2, -0.15) is 0 Å². The largest absolute Gasteiger partial charge is 0.378 e. The van der Waals surface area contributed by atoms with Crippen molar-refractivity contribution in [2.45, 2.75) is 6.92 Å². The maximum Gasteiger partial charge on any atom is 0.312 e. The van der Waals surface area contributed by atoms with Gasteiger partial charge in [0.25, 0.3) is 0 Å². The van der Waals surface area contributed by atoms with E-state index < -0.39 is 4.92 Å². The Labute approximate surface area is 147 Å². The maximum absolute atomic E-state index is 11.2. The van der Waals surface area contributed by atoms with Crippen molar-refractivity contribution in [2.75, 3.05) is 36.5 Å². The molecule has 0 atom stereocenters. The molecule has 2 aromatic heterocycles. The molecule has 8 nitrogen and oxygen atoms in total. The molecule has 9 heteroatoms. The second-order valence-electron chi connectivity index (χ2n) is 5.31. The van der Waals surface area contributed by atoms with Crippen LogP contribution >= 0.6 is 15.9 Å². The number of pyridine rings is 2. The molecule has 1 saturated heterocycles. The summed E-state index contributed by atoms with van der Waals surface area (Å²) in [5.74, 6) is 1.06. The number of halogens is 1. The Bertz CT molecular complexity index is 765. The number of aromatic nitrogens is 2. The number of ether oxygens (including phenoxy) is 1. The zero-order valence-electron chi connectivity index (χ0n) is 13.0. The summed E-state index contributed by atoms with van der Waals surface area (Å²) in [4.78, 5) is 21.5. The highest BCUT2D eigenvalue weighted by molar-refractivity contribution is 9.10. The highest BCUT2D eigenvalue weighted by Crippen LogP contribution is 2.29. The lowest BCUT2D eigenvalue weighted by molar-refractivity contribution is -0.384. The standard InChI is InChI=1S/C15H16BrN5O3/c1-10-12(2-3-14(18-10)20-4-6-24-7-5-20)19-15-13(21(22)23)8-11(16)9-17-15/h2-3,8-9H,4-7H2,1H3,(H,17,19). The first-order valence-corrected chi connectivity index (χ1v) is 8.21. The Balaban J connectivity index is 1.84. The van der Waals surface area contributed by atoms with Crippen LogP contribution in [0.5, 0.6) is 0 Å². The van der Waals surface area contributed by atoms with Gasteiger partial charge in [0, 0.05) is 29.8 Å². The van der Waals surface area contributed by atoms with Gasteiger partial charge >= 0.3 is 5.69 Å². The monoisotopic (exact) mass is 393 g/mol. The van der Waals surface area contributed by atoms with Gasteiger partial charge in [-0.15, -0.1) is 0 Å². The summed E-state index contributed by atoms with van der Waals surface area (Å²) in [5, 5.41) is 14.2. The molecule has 2 aromatic rings. The molecule has 0 spiro atoms. The van der Waals surface area contributed by atoms with Crippen molar-refractivity contribution in [3.8, 4) is 0 Å². The van der Waals surface area contributed by atoms with Crippen molar-refractivity contribution < 1.29 is 9.66 Å². The van der Waals surface area contributed by atoms with E-state index in [4.69, 9.17) is 4.74 Å². The second kappa shape index (κ2) is 7.10. The molecule has 1 fully saturated rings. The molecule has 24 heavy (non-hydrogen) atoms. The Morgan fingerprint density at radius 2 is 2.12 bits per heavy atom. The van der Waals surface area contributed by atoms with Gasteiger partial charge in [0.15, 0.2) is 0 Å². The first kappa shape index (κ1) is 16.6. The molecule has 0 radical (unpaired) electrons. The van der Waals surface area contributed by atoms with Crippen molar-refractivity contribution >= 4 is 38.9 Å². The number of rotatable bonds is 4. The Kier molecular flexibility index (Phi) is 4.91. The predicted octanol–water partition coefficient (Wildman–Crippen LogP) is 3.04. The number of morpholine rings is 1. The molecule has 126 valence electrons. The van der Waals surface area contributed by atoms with Crippen molar-refractivity contribution in [1.29, 1.82) is 0 Å². The molecule has 3 heterocycles. The van der Waals surface area contributed by atoms with E-state index in [1.54, 1.807) is 0 Å². The number of nitro groups is 1. The van der Waals surface area contributed by atoms with E-state index in [1.807, 2.05) is 19.1 Å². The van der Waals surface area contributed by atoms with Crippen LogP contribution in [-0.2, 0) is 4.74 Å². The van der Waals surface area contributed by atoms with Crippen LogP contribution in [0.25, 0.3) is 0 Å². The molecule has 0 bridgehead atoms. The average molecular weight is 394 g/mol. The molecule has 1 aliphatic heterocycles. The Hall–Kier alpha value is -2.26. The minimum Gasteiger partial charge on any atom is -0.378 e. The third-order valence-corrected chi connectivity index (χ3v) is 4.12. The van der Waals surface area contributed by atoms with Gasteiger partial charge < -0.3 is 15.0 Å². The molecule has 0 amide bonds. The molecule has 3 rings (SSSR count). The van der Waals surface area contributed by atoms with Crippen molar-refractivity contribution in [1.82, 2.24) is 9.97 Å². The second-order valence-corrected chi connectivity index (χ2v) is 6.22.